The van der Waals surface area contributed by atoms with Gasteiger partial charge in [-0.05, 0) is 38.3 Å². The Bertz CT molecular complexity index is 533. The molecule has 22 heavy (non-hydrogen) atoms. The van der Waals surface area contributed by atoms with E-state index in [4.69, 9.17) is 0 Å². The summed E-state index contributed by atoms with van der Waals surface area (Å²) in [5, 5.41) is 5.70. The van der Waals surface area contributed by atoms with E-state index in [0.717, 1.165) is 11.3 Å². The lowest BCUT2D eigenvalue weighted by Gasteiger charge is -2.24. The van der Waals surface area contributed by atoms with Crippen molar-refractivity contribution in [2.45, 2.75) is 46.1 Å². The van der Waals surface area contributed by atoms with E-state index >= 15 is 0 Å². The SMILES string of the molecule is CC(C)c1ccccc1NC(=O)N(C)CC(=O)NC(C)(C)C. The summed E-state index contributed by atoms with van der Waals surface area (Å²) in [6.07, 6.45) is 0. The molecule has 1 aromatic carbocycles. The summed E-state index contributed by atoms with van der Waals surface area (Å²) in [5.41, 5.74) is 1.55. The van der Waals surface area contributed by atoms with Crippen LogP contribution >= 0.6 is 0 Å². The van der Waals surface area contributed by atoms with Gasteiger partial charge in [-0.3, -0.25) is 4.79 Å². The largest absolute Gasteiger partial charge is 0.350 e. The molecular formula is C17H27N3O2. The number of anilines is 1. The van der Waals surface area contributed by atoms with E-state index in [1.807, 2.05) is 45.0 Å². The van der Waals surface area contributed by atoms with Gasteiger partial charge >= 0.3 is 6.03 Å². The van der Waals surface area contributed by atoms with Crippen LogP contribution in [0.1, 0.15) is 46.1 Å². The second-order valence-electron chi connectivity index (χ2n) is 6.83. The maximum atomic E-state index is 12.2. The molecule has 1 rings (SSSR count). The molecule has 1 aromatic rings. The number of urea groups is 1. The molecule has 0 saturated carbocycles. The first kappa shape index (κ1) is 18.0. The fourth-order valence-corrected chi connectivity index (χ4v) is 2.07. The monoisotopic (exact) mass is 305 g/mol. The third-order valence-corrected chi connectivity index (χ3v) is 3.07. The first-order chi connectivity index (χ1) is 10.1. The molecule has 0 radical (unpaired) electrons. The molecule has 5 heteroatoms. The summed E-state index contributed by atoms with van der Waals surface area (Å²) in [6.45, 7) is 9.89. The molecule has 2 N–H and O–H groups in total. The zero-order valence-corrected chi connectivity index (χ0v) is 14.4. The van der Waals surface area contributed by atoms with Gasteiger partial charge in [-0.1, -0.05) is 32.0 Å². The molecule has 0 fully saturated rings. The van der Waals surface area contributed by atoms with Crippen molar-refractivity contribution in [2.75, 3.05) is 18.9 Å². The van der Waals surface area contributed by atoms with Crippen molar-refractivity contribution >= 4 is 17.6 Å². The highest BCUT2D eigenvalue weighted by molar-refractivity contribution is 5.93. The number of nitrogens with one attached hydrogen (secondary N) is 2. The number of carbonyl (C=O) groups is 2. The number of hydrogen-bond acceptors (Lipinski definition) is 2. The molecule has 0 aromatic heterocycles. The predicted molar refractivity (Wildman–Crippen MR) is 90.1 cm³/mol. The first-order valence-corrected chi connectivity index (χ1v) is 7.52. The number of likely N-dealkylation sites (N-methyl/N-ethyl adjacent to an activating group) is 1. The highest BCUT2D eigenvalue weighted by atomic mass is 16.2. The molecule has 122 valence electrons. The molecule has 0 heterocycles. The van der Waals surface area contributed by atoms with Crippen LogP contribution in [0.2, 0.25) is 0 Å². The average Bonchev–Trinajstić information content (AvgIpc) is 2.36. The Hall–Kier alpha value is -2.04. The fraction of sp³-hybridized carbons (Fsp3) is 0.529. The lowest BCUT2D eigenvalue weighted by Crippen LogP contribution is -2.47. The van der Waals surface area contributed by atoms with Gasteiger partial charge in [0, 0.05) is 18.3 Å². The smallest absolute Gasteiger partial charge is 0.322 e. The number of para-hydroxylation sites is 1. The molecule has 0 saturated heterocycles. The minimum atomic E-state index is -0.307. The molecule has 3 amide bonds. The van der Waals surface area contributed by atoms with Gasteiger partial charge in [-0.15, -0.1) is 0 Å². The Morgan fingerprint density at radius 3 is 2.32 bits per heavy atom. The Balaban J connectivity index is 2.67. The zero-order valence-electron chi connectivity index (χ0n) is 14.4. The Labute approximate surface area is 133 Å². The summed E-state index contributed by atoms with van der Waals surface area (Å²) in [7, 11) is 1.61. The first-order valence-electron chi connectivity index (χ1n) is 7.52. The van der Waals surface area contributed by atoms with E-state index in [2.05, 4.69) is 24.5 Å². The normalized spacial score (nSPS) is 11.2. The summed E-state index contributed by atoms with van der Waals surface area (Å²) in [6, 6.07) is 7.40. The zero-order chi connectivity index (χ0) is 16.9. The van der Waals surface area contributed by atoms with Crippen LogP contribution in [0.4, 0.5) is 10.5 Å². The van der Waals surface area contributed by atoms with E-state index in [1.165, 1.54) is 4.90 Å². The van der Waals surface area contributed by atoms with E-state index in [9.17, 15) is 9.59 Å². The van der Waals surface area contributed by atoms with Crippen molar-refractivity contribution in [2.24, 2.45) is 0 Å². The summed E-state index contributed by atoms with van der Waals surface area (Å²) in [5.74, 6) is 0.133. The van der Waals surface area contributed by atoms with Crippen LogP contribution in [0.5, 0.6) is 0 Å². The summed E-state index contributed by atoms with van der Waals surface area (Å²) in [4.78, 5) is 25.5. The number of hydrogen-bond donors (Lipinski definition) is 2. The Morgan fingerprint density at radius 2 is 1.77 bits per heavy atom. The number of rotatable bonds is 4. The third-order valence-electron chi connectivity index (χ3n) is 3.07. The van der Waals surface area contributed by atoms with Crippen LogP contribution < -0.4 is 10.6 Å². The van der Waals surface area contributed by atoms with E-state index in [-0.39, 0.29) is 24.0 Å². The predicted octanol–water partition coefficient (Wildman–Crippen LogP) is 3.19. The van der Waals surface area contributed by atoms with E-state index in [0.29, 0.717) is 5.92 Å². The Morgan fingerprint density at radius 1 is 1.18 bits per heavy atom. The average molecular weight is 305 g/mol. The van der Waals surface area contributed by atoms with Crippen LogP contribution in [-0.4, -0.2) is 36.0 Å². The number of amides is 3. The molecule has 0 aliphatic rings. The molecule has 0 bridgehead atoms. The number of nitrogens with zero attached hydrogens (tertiary/aromatic N) is 1. The minimum absolute atomic E-state index is 0.0208. The van der Waals surface area contributed by atoms with Crippen LogP contribution in [0, 0.1) is 0 Å². The van der Waals surface area contributed by atoms with Gasteiger partial charge in [-0.2, -0.15) is 0 Å². The van der Waals surface area contributed by atoms with E-state index in [1.54, 1.807) is 7.05 Å². The second kappa shape index (κ2) is 7.29. The molecule has 0 spiro atoms. The molecular weight excluding hydrogens is 278 g/mol. The summed E-state index contributed by atoms with van der Waals surface area (Å²) >= 11 is 0. The molecule has 0 atom stereocenters. The Kier molecular flexibility index (Phi) is 5.97. The second-order valence-corrected chi connectivity index (χ2v) is 6.83. The summed E-state index contributed by atoms with van der Waals surface area (Å²) < 4.78 is 0. The third kappa shape index (κ3) is 5.76. The van der Waals surface area contributed by atoms with Crippen molar-refractivity contribution in [3.05, 3.63) is 29.8 Å². The van der Waals surface area contributed by atoms with Gasteiger partial charge < -0.3 is 15.5 Å². The highest BCUT2D eigenvalue weighted by Gasteiger charge is 2.18. The lowest BCUT2D eigenvalue weighted by molar-refractivity contribution is -0.122. The van der Waals surface area contributed by atoms with Gasteiger partial charge in [0.05, 0.1) is 0 Å². The molecule has 5 nitrogen and oxygen atoms in total. The van der Waals surface area contributed by atoms with Crippen LogP contribution in [0.3, 0.4) is 0 Å². The topological polar surface area (TPSA) is 61.4 Å². The highest BCUT2D eigenvalue weighted by Crippen LogP contribution is 2.23. The minimum Gasteiger partial charge on any atom is -0.350 e. The van der Waals surface area contributed by atoms with Crippen LogP contribution in [-0.2, 0) is 4.79 Å². The maximum absolute atomic E-state index is 12.2. The van der Waals surface area contributed by atoms with Crippen molar-refractivity contribution in [3.63, 3.8) is 0 Å². The van der Waals surface area contributed by atoms with Crippen molar-refractivity contribution in [1.82, 2.24) is 10.2 Å². The quantitative estimate of drug-likeness (QED) is 0.897. The van der Waals surface area contributed by atoms with Crippen LogP contribution in [0.25, 0.3) is 0 Å². The van der Waals surface area contributed by atoms with Crippen molar-refractivity contribution in [1.29, 1.82) is 0 Å². The van der Waals surface area contributed by atoms with Crippen LogP contribution in [0.15, 0.2) is 24.3 Å². The molecule has 0 aliphatic carbocycles. The van der Waals surface area contributed by atoms with Gasteiger partial charge in [0.15, 0.2) is 0 Å². The number of benzene rings is 1. The van der Waals surface area contributed by atoms with Gasteiger partial charge in [0.2, 0.25) is 5.91 Å². The maximum Gasteiger partial charge on any atom is 0.322 e. The van der Waals surface area contributed by atoms with Crippen molar-refractivity contribution < 1.29 is 9.59 Å². The molecule has 0 aliphatic heterocycles. The van der Waals surface area contributed by atoms with Gasteiger partial charge in [-0.25, -0.2) is 4.79 Å². The number of carbonyl (C=O) groups excluding carboxylic acids is 2. The lowest BCUT2D eigenvalue weighted by atomic mass is 10.0. The van der Waals surface area contributed by atoms with Gasteiger partial charge in [0.1, 0.15) is 6.54 Å². The van der Waals surface area contributed by atoms with Gasteiger partial charge in [0.25, 0.3) is 0 Å². The van der Waals surface area contributed by atoms with E-state index < -0.39 is 0 Å². The standard InChI is InChI=1S/C17H27N3O2/c1-12(2)13-9-7-8-10-14(13)18-16(22)20(6)11-15(21)19-17(3,4)5/h7-10,12H,11H2,1-6H3,(H,18,22)(H,19,21). The van der Waals surface area contributed by atoms with Crippen molar-refractivity contribution in [3.8, 4) is 0 Å². The molecule has 0 unspecified atom stereocenters. The fourth-order valence-electron chi connectivity index (χ4n) is 2.07.